The topological polar surface area (TPSA) is 58.2 Å². The second-order valence-corrected chi connectivity index (χ2v) is 5.92. The van der Waals surface area contributed by atoms with Crippen molar-refractivity contribution in [2.24, 2.45) is 0 Å². The molecule has 0 atom stereocenters. The molecule has 7 heteroatoms. The molecule has 2 rings (SSSR count). The van der Waals surface area contributed by atoms with Gasteiger partial charge in [-0.25, -0.2) is 0 Å². The molecule has 0 aliphatic carbocycles. The number of nitrogens with one attached hydrogen (secondary N) is 2. The first-order chi connectivity index (χ1) is 10.9. The van der Waals surface area contributed by atoms with Gasteiger partial charge < -0.3 is 5.32 Å². The molecule has 0 spiro atoms. The number of benzene rings is 2. The standard InChI is InChI=1S/C16H12Cl2N2O2S/c1-9(21)10-3-2-4-12(7-10)19-16(23)20-15(22)13-6-5-11(17)8-14(13)18/h2-8H,1H3,(H2,19,20,22,23). The van der Waals surface area contributed by atoms with E-state index in [1.165, 1.54) is 19.1 Å². The summed E-state index contributed by atoms with van der Waals surface area (Å²) in [6, 6.07) is 11.4. The first-order valence-electron chi connectivity index (χ1n) is 6.55. The van der Waals surface area contributed by atoms with Gasteiger partial charge in [-0.05, 0) is 49.5 Å². The summed E-state index contributed by atoms with van der Waals surface area (Å²) in [4.78, 5) is 23.5. The van der Waals surface area contributed by atoms with E-state index < -0.39 is 5.91 Å². The molecule has 0 aliphatic heterocycles. The van der Waals surface area contributed by atoms with Gasteiger partial charge in [0, 0.05) is 16.3 Å². The van der Waals surface area contributed by atoms with Crippen molar-refractivity contribution in [2.75, 3.05) is 5.32 Å². The van der Waals surface area contributed by atoms with Crippen LogP contribution in [0.1, 0.15) is 27.6 Å². The molecule has 23 heavy (non-hydrogen) atoms. The molecule has 2 aromatic rings. The maximum atomic E-state index is 12.1. The Labute approximate surface area is 148 Å². The van der Waals surface area contributed by atoms with E-state index in [9.17, 15) is 9.59 Å². The number of Topliss-reactive ketones (excluding diaryl/α,β-unsaturated/α-hetero) is 1. The fourth-order valence-corrected chi connectivity index (χ4v) is 2.53. The highest BCUT2D eigenvalue weighted by Crippen LogP contribution is 2.20. The molecule has 118 valence electrons. The Morgan fingerprint density at radius 3 is 2.48 bits per heavy atom. The summed E-state index contributed by atoms with van der Waals surface area (Å²) < 4.78 is 0. The minimum Gasteiger partial charge on any atom is -0.332 e. The van der Waals surface area contributed by atoms with E-state index in [4.69, 9.17) is 35.4 Å². The van der Waals surface area contributed by atoms with Gasteiger partial charge in [0.05, 0.1) is 10.6 Å². The number of thiocarbonyl (C=S) groups is 1. The average Bonchev–Trinajstić information content (AvgIpc) is 2.47. The van der Waals surface area contributed by atoms with Crippen LogP contribution in [0.3, 0.4) is 0 Å². The van der Waals surface area contributed by atoms with Crippen molar-refractivity contribution in [3.63, 3.8) is 0 Å². The molecule has 4 nitrogen and oxygen atoms in total. The summed E-state index contributed by atoms with van der Waals surface area (Å²) >= 11 is 16.9. The highest BCUT2D eigenvalue weighted by Gasteiger charge is 2.12. The van der Waals surface area contributed by atoms with Crippen LogP contribution in [0, 0.1) is 0 Å². The molecule has 0 saturated heterocycles. The van der Waals surface area contributed by atoms with Crippen LogP contribution in [0.5, 0.6) is 0 Å². The van der Waals surface area contributed by atoms with E-state index >= 15 is 0 Å². The number of carbonyl (C=O) groups is 2. The summed E-state index contributed by atoms with van der Waals surface area (Å²) in [5.74, 6) is -0.511. The monoisotopic (exact) mass is 366 g/mol. The Kier molecular flexibility index (Phi) is 5.71. The van der Waals surface area contributed by atoms with Gasteiger partial charge in [0.2, 0.25) is 0 Å². The minimum atomic E-state index is -0.452. The number of anilines is 1. The lowest BCUT2D eigenvalue weighted by molar-refractivity contribution is 0.0976. The average molecular weight is 367 g/mol. The second kappa shape index (κ2) is 7.55. The van der Waals surface area contributed by atoms with Crippen LogP contribution in [0.25, 0.3) is 0 Å². The van der Waals surface area contributed by atoms with Crippen molar-refractivity contribution >= 4 is 57.9 Å². The van der Waals surface area contributed by atoms with E-state index in [-0.39, 0.29) is 21.5 Å². The lowest BCUT2D eigenvalue weighted by Crippen LogP contribution is -2.34. The Hall–Kier alpha value is -1.95. The van der Waals surface area contributed by atoms with Gasteiger partial charge in [0.15, 0.2) is 10.9 Å². The van der Waals surface area contributed by atoms with E-state index in [0.29, 0.717) is 16.3 Å². The highest BCUT2D eigenvalue weighted by atomic mass is 35.5. The largest absolute Gasteiger partial charge is 0.332 e. The third-order valence-electron chi connectivity index (χ3n) is 2.93. The van der Waals surface area contributed by atoms with Gasteiger partial charge in [0.1, 0.15) is 0 Å². The summed E-state index contributed by atoms with van der Waals surface area (Å²) in [6.45, 7) is 1.47. The van der Waals surface area contributed by atoms with E-state index in [2.05, 4.69) is 10.6 Å². The number of amides is 1. The SMILES string of the molecule is CC(=O)c1cccc(NC(=S)NC(=O)c2ccc(Cl)cc2Cl)c1. The zero-order valence-electron chi connectivity index (χ0n) is 12.0. The van der Waals surface area contributed by atoms with Crippen LogP contribution in [0.15, 0.2) is 42.5 Å². The molecule has 0 heterocycles. The number of carbonyl (C=O) groups excluding carboxylic acids is 2. The zero-order valence-corrected chi connectivity index (χ0v) is 14.4. The van der Waals surface area contributed by atoms with Crippen molar-refractivity contribution in [3.8, 4) is 0 Å². The van der Waals surface area contributed by atoms with Gasteiger partial charge in [0.25, 0.3) is 5.91 Å². The smallest absolute Gasteiger partial charge is 0.258 e. The molecule has 2 N–H and O–H groups in total. The Bertz CT molecular complexity index is 793. The fourth-order valence-electron chi connectivity index (χ4n) is 1.82. The quantitative estimate of drug-likeness (QED) is 0.627. The number of halogens is 2. The van der Waals surface area contributed by atoms with Crippen LogP contribution in [-0.2, 0) is 0 Å². The number of hydrogen-bond donors (Lipinski definition) is 2. The van der Waals surface area contributed by atoms with E-state index in [1.54, 1.807) is 30.3 Å². The Morgan fingerprint density at radius 2 is 1.83 bits per heavy atom. The molecule has 0 bridgehead atoms. The van der Waals surface area contributed by atoms with E-state index in [1.807, 2.05) is 0 Å². The van der Waals surface area contributed by atoms with Crippen LogP contribution in [-0.4, -0.2) is 16.8 Å². The van der Waals surface area contributed by atoms with Crippen LogP contribution in [0.4, 0.5) is 5.69 Å². The van der Waals surface area contributed by atoms with Gasteiger partial charge in [-0.15, -0.1) is 0 Å². The first kappa shape index (κ1) is 17.4. The Balaban J connectivity index is 2.06. The van der Waals surface area contributed by atoms with E-state index in [0.717, 1.165) is 0 Å². The summed E-state index contributed by atoms with van der Waals surface area (Å²) in [5.41, 5.74) is 1.41. The molecule has 0 saturated carbocycles. The Morgan fingerprint density at radius 1 is 1.09 bits per heavy atom. The third kappa shape index (κ3) is 4.76. The maximum Gasteiger partial charge on any atom is 0.258 e. The molecule has 1 amide bonds. The summed E-state index contributed by atoms with van der Waals surface area (Å²) in [7, 11) is 0. The molecule has 2 aromatic carbocycles. The van der Waals surface area contributed by atoms with Crippen molar-refractivity contribution in [2.45, 2.75) is 6.92 Å². The summed E-state index contributed by atoms with van der Waals surface area (Å²) in [6.07, 6.45) is 0. The summed E-state index contributed by atoms with van der Waals surface area (Å²) in [5, 5.41) is 6.14. The van der Waals surface area contributed by atoms with Gasteiger partial charge >= 0.3 is 0 Å². The molecular weight excluding hydrogens is 355 g/mol. The zero-order chi connectivity index (χ0) is 17.0. The maximum absolute atomic E-state index is 12.1. The molecule has 0 radical (unpaired) electrons. The lowest BCUT2D eigenvalue weighted by atomic mass is 10.1. The van der Waals surface area contributed by atoms with Gasteiger partial charge in [-0.3, -0.25) is 14.9 Å². The highest BCUT2D eigenvalue weighted by molar-refractivity contribution is 7.80. The normalized spacial score (nSPS) is 10.0. The van der Waals surface area contributed by atoms with Crippen molar-refractivity contribution < 1.29 is 9.59 Å². The van der Waals surface area contributed by atoms with Crippen LogP contribution >= 0.6 is 35.4 Å². The molecular formula is C16H12Cl2N2O2S. The molecule has 0 aromatic heterocycles. The number of ketones is 1. The molecule has 0 unspecified atom stereocenters. The first-order valence-corrected chi connectivity index (χ1v) is 7.71. The van der Waals surface area contributed by atoms with Crippen molar-refractivity contribution in [1.29, 1.82) is 0 Å². The predicted octanol–water partition coefficient (Wildman–Crippen LogP) is 4.32. The number of rotatable bonds is 3. The fraction of sp³-hybridized carbons (Fsp3) is 0.0625. The van der Waals surface area contributed by atoms with Crippen molar-refractivity contribution in [3.05, 3.63) is 63.6 Å². The van der Waals surface area contributed by atoms with Gasteiger partial charge in [-0.2, -0.15) is 0 Å². The number of hydrogen-bond acceptors (Lipinski definition) is 3. The van der Waals surface area contributed by atoms with Crippen molar-refractivity contribution in [1.82, 2.24) is 5.32 Å². The third-order valence-corrected chi connectivity index (χ3v) is 3.68. The lowest BCUT2D eigenvalue weighted by Gasteiger charge is -2.11. The predicted molar refractivity (Wildman–Crippen MR) is 96.6 cm³/mol. The van der Waals surface area contributed by atoms with Gasteiger partial charge in [-0.1, -0.05) is 35.3 Å². The second-order valence-electron chi connectivity index (χ2n) is 4.67. The molecule has 0 fully saturated rings. The van der Waals surface area contributed by atoms with Crippen LogP contribution < -0.4 is 10.6 Å². The minimum absolute atomic E-state index is 0.0587. The van der Waals surface area contributed by atoms with Crippen LogP contribution in [0.2, 0.25) is 10.0 Å². The molecule has 0 aliphatic rings.